The molecule has 4 nitrogen and oxygen atoms in total. The second-order valence-corrected chi connectivity index (χ2v) is 5.53. The molecular weight excluding hydrogens is 192 g/mol. The Balaban J connectivity index is 1.87. The van der Waals surface area contributed by atoms with Gasteiger partial charge in [0.2, 0.25) is 0 Å². The summed E-state index contributed by atoms with van der Waals surface area (Å²) in [6, 6.07) is 0. The molecule has 0 aliphatic heterocycles. The third kappa shape index (κ3) is 0.703. The van der Waals surface area contributed by atoms with Crippen LogP contribution in [0.15, 0.2) is 10.3 Å². The Morgan fingerprint density at radius 1 is 0.800 bits per heavy atom. The minimum atomic E-state index is 0.398. The molecule has 2 N–H and O–H groups in total. The van der Waals surface area contributed by atoms with Crippen LogP contribution in [0.4, 0.5) is 0 Å². The van der Waals surface area contributed by atoms with E-state index in [0.29, 0.717) is 23.7 Å². The molecule has 0 heterocycles. The van der Waals surface area contributed by atoms with Crippen LogP contribution in [0.25, 0.3) is 0 Å². The number of oxime groups is 2. The van der Waals surface area contributed by atoms with Gasteiger partial charge in [-0.3, -0.25) is 0 Å². The molecule has 4 heteroatoms. The van der Waals surface area contributed by atoms with E-state index in [4.69, 9.17) is 10.4 Å². The van der Waals surface area contributed by atoms with Crippen LogP contribution in [0, 0.1) is 35.5 Å². The van der Waals surface area contributed by atoms with Gasteiger partial charge in [0.15, 0.2) is 0 Å². The molecule has 4 aliphatic carbocycles. The van der Waals surface area contributed by atoms with Crippen LogP contribution in [0.3, 0.4) is 0 Å². The van der Waals surface area contributed by atoms with Crippen molar-refractivity contribution in [1.82, 2.24) is 0 Å². The molecule has 15 heavy (non-hydrogen) atoms. The minimum Gasteiger partial charge on any atom is -0.411 e. The molecule has 0 aromatic rings. The van der Waals surface area contributed by atoms with Crippen LogP contribution in [0.5, 0.6) is 0 Å². The summed E-state index contributed by atoms with van der Waals surface area (Å²) in [6.07, 6.45) is 3.24. The summed E-state index contributed by atoms with van der Waals surface area (Å²) in [6.45, 7) is 0. The lowest BCUT2D eigenvalue weighted by Gasteiger charge is -2.24. The molecule has 0 aromatic carbocycles. The van der Waals surface area contributed by atoms with Gasteiger partial charge in [-0.2, -0.15) is 0 Å². The number of fused-ring (bicyclic) bond motifs is 2. The summed E-state index contributed by atoms with van der Waals surface area (Å²) in [5.74, 6) is 3.65. The number of rotatable bonds is 0. The molecule has 0 saturated heterocycles. The van der Waals surface area contributed by atoms with Gasteiger partial charge in [-0.15, -0.1) is 0 Å². The molecule has 2 bridgehead atoms. The average Bonchev–Trinajstić information content (AvgIpc) is 2.83. The van der Waals surface area contributed by atoms with Crippen molar-refractivity contribution in [2.24, 2.45) is 45.8 Å². The van der Waals surface area contributed by atoms with Gasteiger partial charge < -0.3 is 10.4 Å². The molecule has 4 rings (SSSR count). The van der Waals surface area contributed by atoms with Crippen LogP contribution >= 0.6 is 0 Å². The van der Waals surface area contributed by atoms with Gasteiger partial charge >= 0.3 is 0 Å². The van der Waals surface area contributed by atoms with E-state index in [1.54, 1.807) is 0 Å². The van der Waals surface area contributed by atoms with Gasteiger partial charge in [-0.1, -0.05) is 10.3 Å². The van der Waals surface area contributed by atoms with Crippen molar-refractivity contribution in [3.8, 4) is 0 Å². The maximum Gasteiger partial charge on any atom is 0.0614 e. The Morgan fingerprint density at radius 3 is 1.67 bits per heavy atom. The zero-order chi connectivity index (χ0) is 10.2. The number of nitrogens with zero attached hydrogens (tertiary/aromatic N) is 2. The van der Waals surface area contributed by atoms with Gasteiger partial charge in [0.25, 0.3) is 0 Å². The van der Waals surface area contributed by atoms with E-state index in [0.717, 1.165) is 36.1 Å². The van der Waals surface area contributed by atoms with Crippen LogP contribution < -0.4 is 0 Å². The average molecular weight is 206 g/mol. The van der Waals surface area contributed by atoms with Gasteiger partial charge in [-0.25, -0.2) is 0 Å². The summed E-state index contributed by atoms with van der Waals surface area (Å²) in [5, 5.41) is 25.0. The first-order chi connectivity index (χ1) is 7.35. The van der Waals surface area contributed by atoms with Crippen LogP contribution in [0.2, 0.25) is 0 Å². The monoisotopic (exact) mass is 206 g/mol. The van der Waals surface area contributed by atoms with Crippen molar-refractivity contribution in [1.29, 1.82) is 0 Å². The largest absolute Gasteiger partial charge is 0.411 e. The first-order valence-corrected chi connectivity index (χ1v) is 5.76. The van der Waals surface area contributed by atoms with Crippen LogP contribution in [-0.2, 0) is 0 Å². The van der Waals surface area contributed by atoms with Crippen molar-refractivity contribution < 1.29 is 10.4 Å². The molecule has 4 saturated carbocycles. The second kappa shape index (κ2) is 2.36. The quantitative estimate of drug-likeness (QED) is 0.466. The maximum absolute atomic E-state index is 9.02. The fourth-order valence-corrected chi connectivity index (χ4v) is 5.14. The molecule has 0 amide bonds. The van der Waals surface area contributed by atoms with E-state index in [1.807, 2.05) is 0 Å². The number of hydrogen-bond donors (Lipinski definition) is 2. The molecule has 4 aliphatic rings. The molecular formula is C11H14N2O2. The smallest absolute Gasteiger partial charge is 0.0614 e. The standard InChI is InChI=1S/C11H14N2O2/c14-12-8-2-4-5-3-9(13-15)11-7(5)1-6(4)10(8)11/h4-7,10-11,14-15H,1-3H2/b12-8-,13-9-/t4-,5-,6-,7+,10-,11+/m1/s1. The van der Waals surface area contributed by atoms with E-state index in [-0.39, 0.29) is 0 Å². The van der Waals surface area contributed by atoms with Crippen molar-refractivity contribution >= 4 is 11.4 Å². The summed E-state index contributed by atoms with van der Waals surface area (Å²) < 4.78 is 0. The lowest BCUT2D eigenvalue weighted by molar-refractivity contribution is 0.240. The first-order valence-electron chi connectivity index (χ1n) is 5.76. The zero-order valence-electron chi connectivity index (χ0n) is 8.37. The van der Waals surface area contributed by atoms with E-state index in [2.05, 4.69) is 10.3 Å². The van der Waals surface area contributed by atoms with E-state index in [1.165, 1.54) is 6.42 Å². The Labute approximate surface area is 87.7 Å². The van der Waals surface area contributed by atoms with Crippen molar-refractivity contribution in [2.75, 3.05) is 0 Å². The van der Waals surface area contributed by atoms with Crippen molar-refractivity contribution in [3.63, 3.8) is 0 Å². The SMILES string of the molecule is O/N=C1/C[C@@H]2[C@H]3C/C(=N/O)[C@H]4[C@@H]3C[C@@H]2[C@@H]14. The second-order valence-electron chi connectivity index (χ2n) is 5.53. The van der Waals surface area contributed by atoms with Gasteiger partial charge in [-0.05, 0) is 42.9 Å². The van der Waals surface area contributed by atoms with Crippen LogP contribution in [0.1, 0.15) is 19.3 Å². The Bertz CT molecular complexity index is 350. The first kappa shape index (κ1) is 8.13. The topological polar surface area (TPSA) is 65.2 Å². The molecule has 80 valence electrons. The normalized spacial score (nSPS) is 60.0. The molecule has 0 aromatic heterocycles. The van der Waals surface area contributed by atoms with Crippen molar-refractivity contribution in [2.45, 2.75) is 19.3 Å². The fraction of sp³-hybridized carbons (Fsp3) is 0.818. The predicted octanol–water partition coefficient (Wildman–Crippen LogP) is 1.57. The third-order valence-corrected chi connectivity index (χ3v) is 5.42. The number of hydrogen-bond acceptors (Lipinski definition) is 4. The molecule has 0 spiro atoms. The highest BCUT2D eigenvalue weighted by Crippen LogP contribution is 2.68. The highest BCUT2D eigenvalue weighted by Gasteiger charge is 2.67. The molecule has 6 atom stereocenters. The third-order valence-electron chi connectivity index (χ3n) is 5.42. The summed E-state index contributed by atoms with van der Waals surface area (Å²) in [7, 11) is 0. The lowest BCUT2D eigenvalue weighted by atomic mass is 9.79. The summed E-state index contributed by atoms with van der Waals surface area (Å²) in [5.41, 5.74) is 1.95. The minimum absolute atomic E-state index is 0.398. The van der Waals surface area contributed by atoms with Crippen LogP contribution in [-0.4, -0.2) is 21.8 Å². The Hall–Kier alpha value is -1.06. The highest BCUT2D eigenvalue weighted by atomic mass is 16.4. The van der Waals surface area contributed by atoms with Gasteiger partial charge in [0, 0.05) is 11.8 Å². The van der Waals surface area contributed by atoms with Gasteiger partial charge in [0.1, 0.15) is 0 Å². The highest BCUT2D eigenvalue weighted by molar-refractivity contribution is 6.00. The van der Waals surface area contributed by atoms with Gasteiger partial charge in [0.05, 0.1) is 11.4 Å². The Kier molecular flexibility index (Phi) is 1.28. The molecule has 0 radical (unpaired) electrons. The molecule has 4 fully saturated rings. The zero-order valence-corrected chi connectivity index (χ0v) is 8.37. The summed E-state index contributed by atoms with van der Waals surface area (Å²) >= 11 is 0. The van der Waals surface area contributed by atoms with E-state index in [9.17, 15) is 0 Å². The lowest BCUT2D eigenvalue weighted by Crippen LogP contribution is -2.26. The Morgan fingerprint density at radius 2 is 1.27 bits per heavy atom. The van der Waals surface area contributed by atoms with Crippen molar-refractivity contribution in [3.05, 3.63) is 0 Å². The molecule has 0 unspecified atom stereocenters. The maximum atomic E-state index is 9.02. The van der Waals surface area contributed by atoms with E-state index < -0.39 is 0 Å². The predicted molar refractivity (Wildman–Crippen MR) is 53.2 cm³/mol. The fourth-order valence-electron chi connectivity index (χ4n) is 5.14. The van der Waals surface area contributed by atoms with E-state index >= 15 is 0 Å². The summed E-state index contributed by atoms with van der Waals surface area (Å²) in [4.78, 5) is 0.